The molecule has 2 atom stereocenters. The van der Waals surface area contributed by atoms with E-state index in [9.17, 15) is 9.59 Å². The van der Waals surface area contributed by atoms with Gasteiger partial charge in [-0.1, -0.05) is 18.2 Å². The topological polar surface area (TPSA) is 55.4 Å². The predicted molar refractivity (Wildman–Crippen MR) is 98.6 cm³/mol. The van der Waals surface area contributed by atoms with Crippen LogP contribution in [0.4, 0.5) is 5.69 Å². The van der Waals surface area contributed by atoms with Crippen molar-refractivity contribution in [1.29, 1.82) is 0 Å². The molecular formula is C18H19NO3S2. The van der Waals surface area contributed by atoms with Crippen molar-refractivity contribution in [1.82, 2.24) is 0 Å². The van der Waals surface area contributed by atoms with Gasteiger partial charge in [-0.05, 0) is 54.7 Å². The Kier molecular flexibility index (Phi) is 5.26. The molecule has 0 radical (unpaired) electrons. The number of aryl methyl sites for hydroxylation is 2. The van der Waals surface area contributed by atoms with Crippen molar-refractivity contribution in [2.24, 2.45) is 0 Å². The quantitative estimate of drug-likeness (QED) is 0.838. The Morgan fingerprint density at radius 1 is 1.29 bits per heavy atom. The Balaban J connectivity index is 1.63. The number of fused-ring (bicyclic) bond motifs is 1. The molecule has 0 bridgehead atoms. The highest BCUT2D eigenvalue weighted by Crippen LogP contribution is 2.40. The first-order valence-corrected chi connectivity index (χ1v) is 9.74. The van der Waals surface area contributed by atoms with Crippen LogP contribution in [0.1, 0.15) is 28.2 Å². The smallest absolute Gasteiger partial charge is 0.324 e. The third-order valence-corrected chi connectivity index (χ3v) is 6.17. The lowest BCUT2D eigenvalue weighted by molar-refractivity contribution is -0.152. The van der Waals surface area contributed by atoms with Crippen molar-refractivity contribution in [3.8, 4) is 0 Å². The number of rotatable bonds is 4. The van der Waals surface area contributed by atoms with E-state index in [1.165, 1.54) is 4.88 Å². The third-order valence-electron chi connectivity index (χ3n) is 3.96. The molecular weight excluding hydrogens is 342 g/mol. The summed E-state index contributed by atoms with van der Waals surface area (Å²) in [5, 5.41) is 4.49. The largest absolute Gasteiger partial charge is 0.451 e. The van der Waals surface area contributed by atoms with Gasteiger partial charge in [0, 0.05) is 10.6 Å². The molecule has 1 aliphatic heterocycles. The molecule has 2 aromatic rings. The first-order valence-electron chi connectivity index (χ1n) is 7.81. The normalized spacial score (nSPS) is 17.7. The monoisotopic (exact) mass is 361 g/mol. The standard InChI is InChI=1S/C18H19NO3S2/c1-11-5-3-4-6-14(11)19-17(20)12(2)22-18(21)16-13-7-9-23-15(13)8-10-24-16/h3-7,9,12,16H,8,10H2,1-2H3,(H,19,20)/t12-,16+/m1/s1. The van der Waals surface area contributed by atoms with Gasteiger partial charge in [-0.2, -0.15) is 0 Å². The summed E-state index contributed by atoms with van der Waals surface area (Å²) in [5.74, 6) is 0.243. The summed E-state index contributed by atoms with van der Waals surface area (Å²) in [5.41, 5.74) is 2.74. The van der Waals surface area contributed by atoms with Gasteiger partial charge in [-0.3, -0.25) is 9.59 Å². The maximum absolute atomic E-state index is 12.5. The van der Waals surface area contributed by atoms with E-state index in [4.69, 9.17) is 4.74 Å². The van der Waals surface area contributed by atoms with Crippen LogP contribution in [0.2, 0.25) is 0 Å². The van der Waals surface area contributed by atoms with Crippen LogP contribution in [0.5, 0.6) is 0 Å². The minimum absolute atomic E-state index is 0.316. The number of para-hydroxylation sites is 1. The van der Waals surface area contributed by atoms with Crippen molar-refractivity contribution < 1.29 is 14.3 Å². The van der Waals surface area contributed by atoms with E-state index in [2.05, 4.69) is 5.32 Å². The lowest BCUT2D eigenvalue weighted by Crippen LogP contribution is -2.32. The fourth-order valence-electron chi connectivity index (χ4n) is 2.58. The van der Waals surface area contributed by atoms with Crippen LogP contribution in [0.3, 0.4) is 0 Å². The highest BCUT2D eigenvalue weighted by Gasteiger charge is 2.31. The van der Waals surface area contributed by atoms with Gasteiger partial charge in [0.15, 0.2) is 6.10 Å². The summed E-state index contributed by atoms with van der Waals surface area (Å²) in [6, 6.07) is 9.50. The van der Waals surface area contributed by atoms with Crippen LogP contribution in [-0.2, 0) is 20.7 Å². The molecule has 0 fully saturated rings. The molecule has 1 N–H and O–H groups in total. The SMILES string of the molecule is Cc1ccccc1NC(=O)[C@@H](C)OC(=O)[C@H]1SCCc2sccc21. The predicted octanol–water partition coefficient (Wildman–Crippen LogP) is 3.96. The van der Waals surface area contributed by atoms with Crippen molar-refractivity contribution in [2.75, 3.05) is 11.1 Å². The molecule has 0 aliphatic carbocycles. The van der Waals surface area contributed by atoms with Gasteiger partial charge in [0.25, 0.3) is 5.91 Å². The average Bonchev–Trinajstić information content (AvgIpc) is 3.05. The zero-order chi connectivity index (χ0) is 17.1. The number of carbonyl (C=O) groups is 2. The molecule has 0 unspecified atom stereocenters. The number of carbonyl (C=O) groups excluding carboxylic acids is 2. The maximum atomic E-state index is 12.5. The van der Waals surface area contributed by atoms with Crippen molar-refractivity contribution in [2.45, 2.75) is 31.6 Å². The van der Waals surface area contributed by atoms with Crippen LogP contribution in [-0.4, -0.2) is 23.7 Å². The number of esters is 1. The van der Waals surface area contributed by atoms with E-state index < -0.39 is 6.10 Å². The summed E-state index contributed by atoms with van der Waals surface area (Å²) in [4.78, 5) is 26.0. The second kappa shape index (κ2) is 7.40. The van der Waals surface area contributed by atoms with Gasteiger partial charge in [-0.25, -0.2) is 0 Å². The highest BCUT2D eigenvalue weighted by atomic mass is 32.2. The summed E-state index contributed by atoms with van der Waals surface area (Å²) in [6.07, 6.45) is 0.159. The molecule has 0 spiro atoms. The van der Waals surface area contributed by atoms with Crippen molar-refractivity contribution in [3.63, 3.8) is 0 Å². The van der Waals surface area contributed by atoms with E-state index in [1.54, 1.807) is 30.0 Å². The number of hydrogen-bond acceptors (Lipinski definition) is 5. The Bertz CT molecular complexity index is 756. The highest BCUT2D eigenvalue weighted by molar-refractivity contribution is 8.00. The molecule has 1 aromatic carbocycles. The number of amides is 1. The molecule has 24 heavy (non-hydrogen) atoms. The molecule has 126 valence electrons. The van der Waals surface area contributed by atoms with Gasteiger partial charge >= 0.3 is 5.97 Å². The Hall–Kier alpha value is -1.79. The van der Waals surface area contributed by atoms with E-state index >= 15 is 0 Å². The lowest BCUT2D eigenvalue weighted by Gasteiger charge is -2.22. The average molecular weight is 361 g/mol. The molecule has 1 aliphatic rings. The minimum atomic E-state index is -0.832. The summed E-state index contributed by atoms with van der Waals surface area (Å²) in [7, 11) is 0. The fourth-order valence-corrected chi connectivity index (χ4v) is 4.85. The molecule has 0 saturated heterocycles. The second-order valence-corrected chi connectivity index (χ2v) is 7.90. The zero-order valence-electron chi connectivity index (χ0n) is 13.6. The number of benzene rings is 1. The molecule has 4 nitrogen and oxygen atoms in total. The summed E-state index contributed by atoms with van der Waals surface area (Å²) >= 11 is 3.25. The van der Waals surface area contributed by atoms with E-state index in [0.29, 0.717) is 0 Å². The first-order chi connectivity index (χ1) is 11.6. The Morgan fingerprint density at radius 2 is 2.08 bits per heavy atom. The fraction of sp³-hybridized carbons (Fsp3) is 0.333. The van der Waals surface area contributed by atoms with Crippen LogP contribution in [0.15, 0.2) is 35.7 Å². The molecule has 3 rings (SSSR count). The second-order valence-electron chi connectivity index (χ2n) is 5.68. The van der Waals surface area contributed by atoms with Crippen LogP contribution in [0, 0.1) is 6.92 Å². The van der Waals surface area contributed by atoms with Gasteiger partial charge in [0.1, 0.15) is 5.25 Å². The van der Waals surface area contributed by atoms with Crippen LogP contribution >= 0.6 is 23.1 Å². The number of nitrogens with one attached hydrogen (secondary N) is 1. The van der Waals surface area contributed by atoms with Crippen molar-refractivity contribution in [3.05, 3.63) is 51.7 Å². The number of thioether (sulfide) groups is 1. The third kappa shape index (κ3) is 3.65. The van der Waals surface area contributed by atoms with Gasteiger partial charge in [-0.15, -0.1) is 23.1 Å². The molecule has 6 heteroatoms. The number of ether oxygens (including phenoxy) is 1. The molecule has 1 amide bonds. The number of hydrogen-bond donors (Lipinski definition) is 1. The van der Waals surface area contributed by atoms with Gasteiger partial charge in [0.05, 0.1) is 0 Å². The Labute approximate surface area is 149 Å². The van der Waals surface area contributed by atoms with E-state index in [0.717, 1.165) is 29.0 Å². The van der Waals surface area contributed by atoms with Gasteiger partial charge in [0.2, 0.25) is 0 Å². The van der Waals surface area contributed by atoms with Crippen molar-refractivity contribution >= 4 is 40.7 Å². The number of thiophene rings is 1. The van der Waals surface area contributed by atoms with Crippen LogP contribution in [0.25, 0.3) is 0 Å². The van der Waals surface area contributed by atoms with Gasteiger partial charge < -0.3 is 10.1 Å². The Morgan fingerprint density at radius 3 is 2.88 bits per heavy atom. The molecule has 1 aromatic heterocycles. The first kappa shape index (κ1) is 17.0. The van der Waals surface area contributed by atoms with Crippen LogP contribution < -0.4 is 5.32 Å². The minimum Gasteiger partial charge on any atom is -0.451 e. The van der Waals surface area contributed by atoms with E-state index in [1.807, 2.05) is 42.6 Å². The summed E-state index contributed by atoms with van der Waals surface area (Å²) in [6.45, 7) is 3.52. The molecule has 0 saturated carbocycles. The lowest BCUT2D eigenvalue weighted by atomic mass is 10.1. The van der Waals surface area contributed by atoms with E-state index in [-0.39, 0.29) is 17.1 Å². The number of anilines is 1. The zero-order valence-corrected chi connectivity index (χ0v) is 15.2. The molecule has 2 heterocycles. The summed E-state index contributed by atoms with van der Waals surface area (Å²) < 4.78 is 5.42. The maximum Gasteiger partial charge on any atom is 0.324 e.